The molecular weight excluding hydrogens is 259 g/mol. The molecule has 1 unspecified atom stereocenters. The molecule has 0 saturated heterocycles. The molecule has 0 bridgehead atoms. The van der Waals surface area contributed by atoms with Crippen molar-refractivity contribution in [2.24, 2.45) is 5.92 Å². The largest absolute Gasteiger partial charge is 0.493 e. The van der Waals surface area contributed by atoms with E-state index in [4.69, 9.17) is 9.84 Å². The van der Waals surface area contributed by atoms with Gasteiger partial charge in [0.05, 0.1) is 13.5 Å². The molecule has 0 spiro atoms. The first-order valence-electron chi connectivity index (χ1n) is 7.03. The van der Waals surface area contributed by atoms with Crippen LogP contribution < -0.4 is 4.74 Å². The minimum Gasteiger partial charge on any atom is -0.493 e. The third kappa shape index (κ3) is 3.11. The Hall–Kier alpha value is -1.58. The van der Waals surface area contributed by atoms with Gasteiger partial charge in [-0.05, 0) is 36.3 Å². The van der Waals surface area contributed by atoms with Crippen LogP contribution in [0.25, 0.3) is 0 Å². The third-order valence-electron chi connectivity index (χ3n) is 3.95. The maximum atomic E-state index is 14.2. The summed E-state index contributed by atoms with van der Waals surface area (Å²) in [5.41, 5.74) is 1.59. The Morgan fingerprint density at radius 1 is 1.45 bits per heavy atom. The zero-order chi connectivity index (χ0) is 14.9. The minimum atomic E-state index is -0.848. The number of carbonyl (C=O) groups is 1. The van der Waals surface area contributed by atoms with Crippen molar-refractivity contribution in [2.45, 2.75) is 44.9 Å². The summed E-state index contributed by atoms with van der Waals surface area (Å²) in [6.07, 6.45) is 2.05. The van der Waals surface area contributed by atoms with Gasteiger partial charge in [-0.25, -0.2) is 4.39 Å². The molecule has 0 aromatic heterocycles. The van der Waals surface area contributed by atoms with Crippen molar-refractivity contribution >= 4 is 5.97 Å². The van der Waals surface area contributed by atoms with Gasteiger partial charge in [0.1, 0.15) is 0 Å². The zero-order valence-corrected chi connectivity index (χ0v) is 12.1. The summed E-state index contributed by atoms with van der Waals surface area (Å²) >= 11 is 0. The Bertz CT molecular complexity index is 507. The van der Waals surface area contributed by atoms with E-state index in [9.17, 15) is 9.18 Å². The number of hydrogen-bond donors (Lipinski definition) is 1. The molecule has 1 fully saturated rings. The number of hydrogen-bond acceptors (Lipinski definition) is 2. The van der Waals surface area contributed by atoms with Gasteiger partial charge in [-0.2, -0.15) is 0 Å². The van der Waals surface area contributed by atoms with Crippen molar-refractivity contribution in [2.75, 3.05) is 7.11 Å². The number of carboxylic acid groups (broad SMARTS) is 1. The fourth-order valence-electron chi connectivity index (χ4n) is 2.68. The minimum absolute atomic E-state index is 0.0298. The smallest absolute Gasteiger partial charge is 0.303 e. The number of methoxy groups -OCH3 is 1. The number of ether oxygens (including phenoxy) is 1. The second-order valence-corrected chi connectivity index (χ2v) is 5.82. The summed E-state index contributed by atoms with van der Waals surface area (Å²) in [4.78, 5) is 11.1. The van der Waals surface area contributed by atoms with Gasteiger partial charge in [0.25, 0.3) is 0 Å². The van der Waals surface area contributed by atoms with Gasteiger partial charge in [0.2, 0.25) is 0 Å². The van der Waals surface area contributed by atoms with Crippen LogP contribution in [0.1, 0.15) is 56.1 Å². The predicted molar refractivity (Wildman–Crippen MR) is 74.8 cm³/mol. The Labute approximate surface area is 118 Å². The highest BCUT2D eigenvalue weighted by atomic mass is 19.1. The van der Waals surface area contributed by atoms with Crippen molar-refractivity contribution in [1.29, 1.82) is 0 Å². The lowest BCUT2D eigenvalue weighted by Crippen LogP contribution is -2.11. The molecule has 0 aliphatic heterocycles. The van der Waals surface area contributed by atoms with E-state index in [0.717, 1.165) is 18.4 Å². The number of benzene rings is 1. The van der Waals surface area contributed by atoms with Crippen LogP contribution in [0.3, 0.4) is 0 Å². The predicted octanol–water partition coefficient (Wildman–Crippen LogP) is 3.93. The average Bonchev–Trinajstić information content (AvgIpc) is 3.18. The van der Waals surface area contributed by atoms with Crippen LogP contribution in [0.2, 0.25) is 0 Å². The fourth-order valence-corrected chi connectivity index (χ4v) is 2.68. The first kappa shape index (κ1) is 14.8. The van der Waals surface area contributed by atoms with Crippen molar-refractivity contribution in [1.82, 2.24) is 0 Å². The van der Waals surface area contributed by atoms with E-state index in [1.165, 1.54) is 13.2 Å². The summed E-state index contributed by atoms with van der Waals surface area (Å²) in [6.45, 7) is 3.99. The van der Waals surface area contributed by atoms with E-state index in [1.807, 2.05) is 19.9 Å². The van der Waals surface area contributed by atoms with Gasteiger partial charge in [-0.3, -0.25) is 4.79 Å². The fraction of sp³-hybridized carbons (Fsp3) is 0.562. The average molecular weight is 280 g/mol. The molecule has 1 aromatic carbocycles. The molecule has 2 rings (SSSR count). The molecule has 1 aliphatic rings. The lowest BCUT2D eigenvalue weighted by molar-refractivity contribution is -0.137. The van der Waals surface area contributed by atoms with E-state index < -0.39 is 11.8 Å². The molecule has 110 valence electrons. The highest BCUT2D eigenvalue weighted by Crippen LogP contribution is 2.48. The third-order valence-corrected chi connectivity index (χ3v) is 3.95. The Morgan fingerprint density at radius 3 is 2.55 bits per heavy atom. The molecule has 1 N–H and O–H groups in total. The first-order chi connectivity index (χ1) is 9.43. The molecule has 0 amide bonds. The summed E-state index contributed by atoms with van der Waals surface area (Å²) in [6, 6.07) is 3.40. The molecule has 3 nitrogen and oxygen atoms in total. The van der Waals surface area contributed by atoms with Crippen molar-refractivity contribution < 1.29 is 19.0 Å². The molecule has 1 atom stereocenters. The van der Waals surface area contributed by atoms with Gasteiger partial charge in [0.15, 0.2) is 11.6 Å². The van der Waals surface area contributed by atoms with Gasteiger partial charge in [0, 0.05) is 11.5 Å². The SMILES string of the molecule is COc1c(F)cc(C(C)C)cc1C(CC(=O)O)C1CC1. The quantitative estimate of drug-likeness (QED) is 0.859. The Morgan fingerprint density at radius 2 is 2.10 bits per heavy atom. The van der Waals surface area contributed by atoms with Crippen LogP contribution in [0.4, 0.5) is 4.39 Å². The molecule has 4 heteroatoms. The maximum absolute atomic E-state index is 14.2. The monoisotopic (exact) mass is 280 g/mol. The lowest BCUT2D eigenvalue weighted by Gasteiger charge is -2.20. The Kier molecular flexibility index (Phi) is 4.31. The van der Waals surface area contributed by atoms with E-state index in [2.05, 4.69) is 0 Å². The van der Waals surface area contributed by atoms with Gasteiger partial charge in [-0.15, -0.1) is 0 Å². The van der Waals surface area contributed by atoms with Crippen LogP contribution in [0.15, 0.2) is 12.1 Å². The van der Waals surface area contributed by atoms with Crippen LogP contribution in [0, 0.1) is 11.7 Å². The summed E-state index contributed by atoms with van der Waals surface area (Å²) < 4.78 is 19.4. The summed E-state index contributed by atoms with van der Waals surface area (Å²) in [7, 11) is 1.43. The highest BCUT2D eigenvalue weighted by molar-refractivity contribution is 5.68. The van der Waals surface area contributed by atoms with Crippen LogP contribution in [0.5, 0.6) is 5.75 Å². The van der Waals surface area contributed by atoms with Crippen LogP contribution >= 0.6 is 0 Å². The molecule has 0 heterocycles. The Balaban J connectivity index is 2.47. The van der Waals surface area contributed by atoms with Crippen molar-refractivity contribution in [3.63, 3.8) is 0 Å². The second-order valence-electron chi connectivity index (χ2n) is 5.82. The standard InChI is InChI=1S/C16H21FO3/c1-9(2)11-6-13(16(20-3)14(17)7-11)12(8-15(18)19)10-4-5-10/h6-7,9-10,12H,4-5,8H2,1-3H3,(H,18,19). The van der Waals surface area contributed by atoms with E-state index >= 15 is 0 Å². The molecule has 1 aromatic rings. The molecular formula is C16H21FO3. The normalized spacial score (nSPS) is 16.2. The first-order valence-corrected chi connectivity index (χ1v) is 7.03. The number of aliphatic carboxylic acids is 1. The number of rotatable bonds is 6. The van der Waals surface area contributed by atoms with Gasteiger partial charge >= 0.3 is 5.97 Å². The van der Waals surface area contributed by atoms with Crippen molar-refractivity contribution in [3.8, 4) is 5.75 Å². The summed E-state index contributed by atoms with van der Waals surface area (Å²) in [5, 5.41) is 9.10. The van der Waals surface area contributed by atoms with Crippen LogP contribution in [-0.4, -0.2) is 18.2 Å². The molecule has 0 radical (unpaired) electrons. The number of carboxylic acids is 1. The highest BCUT2D eigenvalue weighted by Gasteiger charge is 2.36. The molecule has 1 saturated carbocycles. The van der Waals surface area contributed by atoms with Crippen LogP contribution in [-0.2, 0) is 4.79 Å². The zero-order valence-electron chi connectivity index (χ0n) is 12.1. The van der Waals surface area contributed by atoms with E-state index in [-0.39, 0.29) is 24.0 Å². The summed E-state index contributed by atoms with van der Waals surface area (Å²) in [5.74, 6) is -0.673. The second kappa shape index (κ2) is 5.81. The lowest BCUT2D eigenvalue weighted by atomic mass is 9.87. The molecule has 20 heavy (non-hydrogen) atoms. The van der Waals surface area contributed by atoms with Crippen molar-refractivity contribution in [3.05, 3.63) is 29.1 Å². The molecule has 1 aliphatic carbocycles. The maximum Gasteiger partial charge on any atom is 0.303 e. The van der Waals surface area contributed by atoms with Gasteiger partial charge < -0.3 is 9.84 Å². The number of halogens is 1. The topological polar surface area (TPSA) is 46.5 Å². The van der Waals surface area contributed by atoms with E-state index in [1.54, 1.807) is 0 Å². The van der Waals surface area contributed by atoms with Gasteiger partial charge in [-0.1, -0.05) is 19.9 Å². The van der Waals surface area contributed by atoms with E-state index in [0.29, 0.717) is 11.5 Å².